The predicted octanol–water partition coefficient (Wildman–Crippen LogP) is 3.93. The molecule has 0 unspecified atom stereocenters. The summed E-state index contributed by atoms with van der Waals surface area (Å²) in [6, 6.07) is 0. The highest BCUT2D eigenvalue weighted by atomic mass is 15.1. The van der Waals surface area contributed by atoms with Gasteiger partial charge in [-0.1, -0.05) is 19.8 Å². The standard InChI is InChI=1S/C16H29N/c1-13-2-6-15(7-3-13)16-8-10-17(11-9-16)12-14-4-5-14/h13-16H,2-12H2,1H3. The molecule has 0 bridgehead atoms. The second-order valence-corrected chi connectivity index (χ2v) is 7.10. The number of piperidine rings is 1. The van der Waals surface area contributed by atoms with E-state index < -0.39 is 0 Å². The Morgan fingerprint density at radius 2 is 1.35 bits per heavy atom. The molecule has 1 heteroatoms. The van der Waals surface area contributed by atoms with Gasteiger partial charge in [-0.25, -0.2) is 0 Å². The van der Waals surface area contributed by atoms with E-state index in [1.807, 2.05) is 0 Å². The highest BCUT2D eigenvalue weighted by molar-refractivity contribution is 4.84. The summed E-state index contributed by atoms with van der Waals surface area (Å²) < 4.78 is 0. The molecule has 1 heterocycles. The maximum Gasteiger partial charge on any atom is 0.000966 e. The van der Waals surface area contributed by atoms with Gasteiger partial charge in [-0.05, 0) is 75.3 Å². The van der Waals surface area contributed by atoms with Crippen LogP contribution in [-0.2, 0) is 0 Å². The molecular formula is C16H29N. The van der Waals surface area contributed by atoms with Gasteiger partial charge in [-0.2, -0.15) is 0 Å². The molecular weight excluding hydrogens is 206 g/mol. The minimum Gasteiger partial charge on any atom is -0.303 e. The Balaban J connectivity index is 1.41. The van der Waals surface area contributed by atoms with Crippen LogP contribution in [0.4, 0.5) is 0 Å². The zero-order chi connectivity index (χ0) is 11.7. The van der Waals surface area contributed by atoms with Gasteiger partial charge < -0.3 is 4.90 Å². The molecule has 3 aliphatic rings. The highest BCUT2D eigenvalue weighted by Gasteiger charge is 2.31. The first-order valence-corrected chi connectivity index (χ1v) is 8.03. The lowest BCUT2D eigenvalue weighted by molar-refractivity contribution is 0.115. The zero-order valence-corrected chi connectivity index (χ0v) is 11.5. The van der Waals surface area contributed by atoms with E-state index in [-0.39, 0.29) is 0 Å². The molecule has 0 aromatic heterocycles. The molecule has 2 saturated carbocycles. The van der Waals surface area contributed by atoms with Crippen molar-refractivity contribution in [2.45, 2.75) is 58.3 Å². The van der Waals surface area contributed by atoms with Gasteiger partial charge in [0.2, 0.25) is 0 Å². The van der Waals surface area contributed by atoms with Crippen molar-refractivity contribution in [1.29, 1.82) is 0 Å². The Morgan fingerprint density at radius 1 is 0.765 bits per heavy atom. The van der Waals surface area contributed by atoms with Crippen LogP contribution in [0.5, 0.6) is 0 Å². The van der Waals surface area contributed by atoms with Crippen LogP contribution >= 0.6 is 0 Å². The van der Waals surface area contributed by atoms with E-state index in [2.05, 4.69) is 11.8 Å². The molecule has 3 rings (SSSR count). The third-order valence-electron chi connectivity index (χ3n) is 5.57. The lowest BCUT2D eigenvalue weighted by atomic mass is 9.73. The van der Waals surface area contributed by atoms with Crippen molar-refractivity contribution in [2.24, 2.45) is 23.7 Å². The van der Waals surface area contributed by atoms with Crippen LogP contribution in [0.3, 0.4) is 0 Å². The van der Waals surface area contributed by atoms with E-state index in [4.69, 9.17) is 0 Å². The van der Waals surface area contributed by atoms with E-state index in [0.717, 1.165) is 23.7 Å². The number of likely N-dealkylation sites (tertiary alicyclic amines) is 1. The van der Waals surface area contributed by atoms with Crippen molar-refractivity contribution in [3.8, 4) is 0 Å². The van der Waals surface area contributed by atoms with Gasteiger partial charge in [0, 0.05) is 6.54 Å². The molecule has 98 valence electrons. The minimum absolute atomic E-state index is 1.02. The van der Waals surface area contributed by atoms with Gasteiger partial charge >= 0.3 is 0 Å². The fraction of sp³-hybridized carbons (Fsp3) is 1.00. The fourth-order valence-corrected chi connectivity index (χ4v) is 4.03. The van der Waals surface area contributed by atoms with Gasteiger partial charge in [-0.15, -0.1) is 0 Å². The minimum atomic E-state index is 1.02. The van der Waals surface area contributed by atoms with Crippen LogP contribution in [0.2, 0.25) is 0 Å². The van der Waals surface area contributed by atoms with Crippen molar-refractivity contribution in [3.63, 3.8) is 0 Å². The first-order chi connectivity index (χ1) is 8.31. The normalized spacial score (nSPS) is 37.2. The van der Waals surface area contributed by atoms with Crippen LogP contribution in [0.1, 0.15) is 58.3 Å². The Kier molecular flexibility index (Phi) is 3.75. The van der Waals surface area contributed by atoms with Crippen LogP contribution in [0.25, 0.3) is 0 Å². The van der Waals surface area contributed by atoms with Crippen LogP contribution in [0, 0.1) is 23.7 Å². The molecule has 1 aliphatic heterocycles. The summed E-state index contributed by atoms with van der Waals surface area (Å²) in [6.07, 6.45) is 12.1. The maximum absolute atomic E-state index is 2.75. The Bertz CT molecular complexity index is 230. The SMILES string of the molecule is CC1CCC(C2CCN(CC3CC3)CC2)CC1. The molecule has 0 N–H and O–H groups in total. The van der Waals surface area contributed by atoms with Crippen molar-refractivity contribution >= 4 is 0 Å². The van der Waals surface area contributed by atoms with Crippen LogP contribution < -0.4 is 0 Å². The molecule has 0 aromatic rings. The number of rotatable bonds is 3. The molecule has 0 radical (unpaired) electrons. The van der Waals surface area contributed by atoms with Crippen LogP contribution in [0.15, 0.2) is 0 Å². The Labute approximate surface area is 107 Å². The van der Waals surface area contributed by atoms with Gasteiger partial charge in [0.15, 0.2) is 0 Å². The lowest BCUT2D eigenvalue weighted by Gasteiger charge is -2.38. The summed E-state index contributed by atoms with van der Waals surface area (Å²) in [5, 5.41) is 0. The summed E-state index contributed by atoms with van der Waals surface area (Å²) in [5.74, 6) is 4.27. The zero-order valence-electron chi connectivity index (χ0n) is 11.5. The smallest absolute Gasteiger partial charge is 0.000966 e. The molecule has 3 fully saturated rings. The average molecular weight is 235 g/mol. The second kappa shape index (κ2) is 5.30. The van der Waals surface area contributed by atoms with Crippen molar-refractivity contribution < 1.29 is 0 Å². The van der Waals surface area contributed by atoms with E-state index >= 15 is 0 Å². The summed E-state index contributed by atoms with van der Waals surface area (Å²) in [5.41, 5.74) is 0. The van der Waals surface area contributed by atoms with Crippen molar-refractivity contribution in [2.75, 3.05) is 19.6 Å². The molecule has 0 spiro atoms. The first kappa shape index (κ1) is 12.0. The van der Waals surface area contributed by atoms with E-state index in [1.54, 1.807) is 0 Å². The largest absolute Gasteiger partial charge is 0.303 e. The molecule has 1 nitrogen and oxygen atoms in total. The van der Waals surface area contributed by atoms with Gasteiger partial charge in [0.1, 0.15) is 0 Å². The summed E-state index contributed by atoms with van der Waals surface area (Å²) in [6.45, 7) is 6.68. The number of hydrogen-bond donors (Lipinski definition) is 0. The summed E-state index contributed by atoms with van der Waals surface area (Å²) in [7, 11) is 0. The number of hydrogen-bond acceptors (Lipinski definition) is 1. The van der Waals surface area contributed by atoms with Crippen LogP contribution in [-0.4, -0.2) is 24.5 Å². The van der Waals surface area contributed by atoms with E-state index in [9.17, 15) is 0 Å². The van der Waals surface area contributed by atoms with E-state index in [0.29, 0.717) is 0 Å². The summed E-state index contributed by atoms with van der Waals surface area (Å²) in [4.78, 5) is 2.75. The Morgan fingerprint density at radius 3 is 1.94 bits per heavy atom. The van der Waals surface area contributed by atoms with Crippen molar-refractivity contribution in [1.82, 2.24) is 4.90 Å². The highest BCUT2D eigenvalue weighted by Crippen LogP contribution is 2.38. The molecule has 2 aliphatic carbocycles. The molecule has 0 aromatic carbocycles. The van der Waals surface area contributed by atoms with Gasteiger partial charge in [0.05, 0.1) is 0 Å². The molecule has 0 amide bonds. The van der Waals surface area contributed by atoms with Gasteiger partial charge in [0.25, 0.3) is 0 Å². The maximum atomic E-state index is 2.75. The molecule has 17 heavy (non-hydrogen) atoms. The fourth-order valence-electron chi connectivity index (χ4n) is 4.03. The summed E-state index contributed by atoms with van der Waals surface area (Å²) >= 11 is 0. The lowest BCUT2D eigenvalue weighted by Crippen LogP contribution is -2.37. The number of nitrogens with zero attached hydrogens (tertiary/aromatic N) is 1. The molecule has 0 atom stereocenters. The average Bonchev–Trinajstić information content (AvgIpc) is 3.15. The molecule has 1 saturated heterocycles. The first-order valence-electron chi connectivity index (χ1n) is 8.03. The van der Waals surface area contributed by atoms with Crippen molar-refractivity contribution in [3.05, 3.63) is 0 Å². The van der Waals surface area contributed by atoms with Gasteiger partial charge in [-0.3, -0.25) is 0 Å². The monoisotopic (exact) mass is 235 g/mol. The Hall–Kier alpha value is -0.0400. The topological polar surface area (TPSA) is 3.24 Å². The predicted molar refractivity (Wildman–Crippen MR) is 73.0 cm³/mol. The quantitative estimate of drug-likeness (QED) is 0.716. The van der Waals surface area contributed by atoms with E-state index in [1.165, 1.54) is 71.0 Å². The second-order valence-electron chi connectivity index (χ2n) is 7.10. The third-order valence-corrected chi connectivity index (χ3v) is 5.57. The third kappa shape index (κ3) is 3.24.